The first kappa shape index (κ1) is 16.6. The van der Waals surface area contributed by atoms with E-state index in [9.17, 15) is 4.79 Å². The van der Waals surface area contributed by atoms with Crippen LogP contribution in [0.4, 0.5) is 10.5 Å². The van der Waals surface area contributed by atoms with Gasteiger partial charge in [-0.1, -0.05) is 31.1 Å². The quantitative estimate of drug-likeness (QED) is 0.494. The Balaban J connectivity index is 1.76. The zero-order valence-corrected chi connectivity index (χ0v) is 13.3. The van der Waals surface area contributed by atoms with Crippen LogP contribution in [0.2, 0.25) is 0 Å². The van der Waals surface area contributed by atoms with Crippen LogP contribution in [0.25, 0.3) is 0 Å². The van der Waals surface area contributed by atoms with Crippen LogP contribution < -0.4 is 5.32 Å². The van der Waals surface area contributed by atoms with Crippen LogP contribution in [0, 0.1) is 5.92 Å². The number of allylic oxidation sites excluding steroid dienone is 1. The molecule has 0 unspecified atom stereocenters. The predicted molar refractivity (Wildman–Crippen MR) is 91.5 cm³/mol. The van der Waals surface area contributed by atoms with Crippen molar-refractivity contribution in [2.75, 3.05) is 5.32 Å². The van der Waals surface area contributed by atoms with Crippen LogP contribution in [-0.4, -0.2) is 11.2 Å². The molecule has 1 aromatic carbocycles. The Kier molecular flexibility index (Phi) is 6.50. The van der Waals surface area contributed by atoms with Gasteiger partial charge in [0, 0.05) is 5.69 Å². The van der Waals surface area contributed by atoms with Gasteiger partial charge in [0.15, 0.2) is 0 Å². The van der Waals surface area contributed by atoms with Gasteiger partial charge >= 0.3 is 6.09 Å². The maximum atomic E-state index is 10.6. The monoisotopic (exact) mass is 301 g/mol. The summed E-state index contributed by atoms with van der Waals surface area (Å²) in [5, 5.41) is 11.1. The Morgan fingerprint density at radius 2 is 1.86 bits per heavy atom. The highest BCUT2D eigenvalue weighted by Gasteiger charge is 2.21. The van der Waals surface area contributed by atoms with E-state index in [1.54, 1.807) is 0 Å². The van der Waals surface area contributed by atoms with Gasteiger partial charge in [0.2, 0.25) is 0 Å². The lowest BCUT2D eigenvalue weighted by Gasteiger charge is -2.29. The van der Waals surface area contributed by atoms with Crippen LogP contribution in [-0.2, 0) is 0 Å². The van der Waals surface area contributed by atoms with Gasteiger partial charge in [-0.3, -0.25) is 5.32 Å². The first-order valence-corrected chi connectivity index (χ1v) is 8.40. The molecule has 1 aromatic rings. The van der Waals surface area contributed by atoms with Crippen molar-refractivity contribution in [2.45, 2.75) is 57.3 Å². The molecule has 1 fully saturated rings. The molecule has 0 aromatic heterocycles. The predicted octanol–water partition coefficient (Wildman–Crippen LogP) is 5.80. The van der Waals surface area contributed by atoms with Gasteiger partial charge in [0.25, 0.3) is 0 Å². The van der Waals surface area contributed by atoms with Crippen LogP contribution >= 0.6 is 0 Å². The Labute approximate surface area is 133 Å². The molecule has 0 radical (unpaired) electrons. The third kappa shape index (κ3) is 5.21. The van der Waals surface area contributed by atoms with Crippen LogP contribution in [0.3, 0.4) is 0 Å². The Hall–Kier alpha value is -1.77. The highest BCUT2D eigenvalue weighted by Crippen LogP contribution is 2.37. The number of benzene rings is 1. The molecular weight excluding hydrogens is 274 g/mol. The molecule has 1 aliphatic carbocycles. The highest BCUT2D eigenvalue weighted by atomic mass is 16.4. The zero-order valence-electron chi connectivity index (χ0n) is 13.3. The van der Waals surface area contributed by atoms with Gasteiger partial charge in [-0.2, -0.15) is 0 Å². The molecule has 120 valence electrons. The van der Waals surface area contributed by atoms with Crippen molar-refractivity contribution in [3.63, 3.8) is 0 Å². The average molecular weight is 301 g/mol. The number of hydrogen-bond acceptors (Lipinski definition) is 1. The van der Waals surface area contributed by atoms with E-state index in [0.717, 1.165) is 12.3 Å². The van der Waals surface area contributed by atoms with E-state index >= 15 is 0 Å². The summed E-state index contributed by atoms with van der Waals surface area (Å²) >= 11 is 0. The number of carbonyl (C=O) groups is 1. The second kappa shape index (κ2) is 8.62. The summed E-state index contributed by atoms with van der Waals surface area (Å²) in [6.45, 7) is 3.77. The van der Waals surface area contributed by atoms with Crippen molar-refractivity contribution in [3.8, 4) is 0 Å². The lowest BCUT2D eigenvalue weighted by Crippen LogP contribution is -2.13. The van der Waals surface area contributed by atoms with E-state index in [0.29, 0.717) is 11.6 Å². The van der Waals surface area contributed by atoms with Crippen molar-refractivity contribution in [2.24, 2.45) is 5.92 Å². The van der Waals surface area contributed by atoms with Crippen molar-refractivity contribution in [1.82, 2.24) is 0 Å². The molecular formula is C19H27NO2. The van der Waals surface area contributed by atoms with E-state index < -0.39 is 6.09 Å². The fourth-order valence-electron chi connectivity index (χ4n) is 3.47. The van der Waals surface area contributed by atoms with E-state index in [1.807, 2.05) is 18.2 Å². The summed E-state index contributed by atoms with van der Waals surface area (Å²) in [7, 11) is 0. The standard InChI is InChI=1S/C19H27NO2/c1-2-3-4-5-6-15-7-9-16(10-8-15)17-11-13-18(14-12-17)20-19(21)22/h2,11-16,20H,1,3-10H2,(H,21,22). The molecule has 3 heteroatoms. The third-order valence-corrected chi connectivity index (χ3v) is 4.75. The minimum absolute atomic E-state index is 0.642. The minimum atomic E-state index is -1.01. The smallest absolute Gasteiger partial charge is 0.409 e. The topological polar surface area (TPSA) is 49.3 Å². The van der Waals surface area contributed by atoms with Gasteiger partial charge in [-0.25, -0.2) is 4.79 Å². The summed E-state index contributed by atoms with van der Waals surface area (Å²) in [6, 6.07) is 7.87. The molecule has 1 amide bonds. The van der Waals surface area contributed by atoms with E-state index in [1.165, 1.54) is 50.5 Å². The summed E-state index contributed by atoms with van der Waals surface area (Å²) in [5.74, 6) is 1.54. The molecule has 3 nitrogen and oxygen atoms in total. The molecule has 0 bridgehead atoms. The molecule has 1 aliphatic rings. The van der Waals surface area contributed by atoms with Crippen molar-refractivity contribution in [3.05, 3.63) is 42.5 Å². The molecule has 0 heterocycles. The highest BCUT2D eigenvalue weighted by molar-refractivity contribution is 5.82. The van der Waals surface area contributed by atoms with Crippen molar-refractivity contribution >= 4 is 11.8 Å². The Bertz CT molecular complexity index is 473. The van der Waals surface area contributed by atoms with Crippen LogP contribution in [0.15, 0.2) is 36.9 Å². The lowest BCUT2D eigenvalue weighted by molar-refractivity contribution is 0.210. The maximum absolute atomic E-state index is 10.6. The molecule has 0 spiro atoms. The number of carboxylic acid groups (broad SMARTS) is 1. The first-order valence-electron chi connectivity index (χ1n) is 8.40. The number of rotatable bonds is 7. The largest absolute Gasteiger partial charge is 0.465 e. The van der Waals surface area contributed by atoms with E-state index in [-0.39, 0.29) is 0 Å². The first-order chi connectivity index (χ1) is 10.7. The Morgan fingerprint density at radius 3 is 2.45 bits per heavy atom. The fraction of sp³-hybridized carbons (Fsp3) is 0.526. The number of amides is 1. The molecule has 2 rings (SSSR count). The van der Waals surface area contributed by atoms with Crippen LogP contribution in [0.1, 0.15) is 62.8 Å². The summed E-state index contributed by atoms with van der Waals surface area (Å²) < 4.78 is 0. The van der Waals surface area contributed by atoms with Gasteiger partial charge in [-0.15, -0.1) is 6.58 Å². The second-order valence-electron chi connectivity index (χ2n) is 6.34. The molecule has 1 saturated carbocycles. The number of nitrogens with one attached hydrogen (secondary N) is 1. The molecule has 2 N–H and O–H groups in total. The number of hydrogen-bond donors (Lipinski definition) is 2. The van der Waals surface area contributed by atoms with Gasteiger partial charge in [-0.05, 0) is 68.1 Å². The average Bonchev–Trinajstić information content (AvgIpc) is 2.52. The molecule has 0 aliphatic heterocycles. The summed E-state index contributed by atoms with van der Waals surface area (Å²) in [4.78, 5) is 10.6. The van der Waals surface area contributed by atoms with Crippen LogP contribution in [0.5, 0.6) is 0 Å². The number of anilines is 1. The zero-order chi connectivity index (χ0) is 15.8. The summed E-state index contributed by atoms with van der Waals surface area (Å²) in [6.07, 6.45) is 11.3. The Morgan fingerprint density at radius 1 is 1.18 bits per heavy atom. The van der Waals surface area contributed by atoms with Crippen molar-refractivity contribution < 1.29 is 9.90 Å². The molecule has 22 heavy (non-hydrogen) atoms. The summed E-state index contributed by atoms with van der Waals surface area (Å²) in [5.41, 5.74) is 1.99. The van der Waals surface area contributed by atoms with Gasteiger partial charge < -0.3 is 5.11 Å². The third-order valence-electron chi connectivity index (χ3n) is 4.75. The molecule has 0 atom stereocenters. The fourth-order valence-corrected chi connectivity index (χ4v) is 3.47. The SMILES string of the molecule is C=CCCCCC1CCC(c2ccc(NC(=O)O)cc2)CC1. The van der Waals surface area contributed by atoms with Gasteiger partial charge in [0.05, 0.1) is 0 Å². The van der Waals surface area contributed by atoms with Gasteiger partial charge in [0.1, 0.15) is 0 Å². The number of unbranched alkanes of at least 4 members (excludes halogenated alkanes) is 2. The van der Waals surface area contributed by atoms with E-state index in [2.05, 4.69) is 24.0 Å². The van der Waals surface area contributed by atoms with Crippen molar-refractivity contribution in [1.29, 1.82) is 0 Å². The molecule has 0 saturated heterocycles. The normalized spacial score (nSPS) is 21.3. The van der Waals surface area contributed by atoms with E-state index in [4.69, 9.17) is 5.11 Å². The lowest BCUT2D eigenvalue weighted by atomic mass is 9.77. The maximum Gasteiger partial charge on any atom is 0.409 e. The minimum Gasteiger partial charge on any atom is -0.465 e. The second-order valence-corrected chi connectivity index (χ2v) is 6.34.